The summed E-state index contributed by atoms with van der Waals surface area (Å²) in [5.74, 6) is -1.08. The maximum absolute atomic E-state index is 13.2. The van der Waals surface area contributed by atoms with Gasteiger partial charge in [0.25, 0.3) is 0 Å². The molecule has 0 amide bonds. The third kappa shape index (κ3) is 2.93. The first-order valence-corrected chi connectivity index (χ1v) is 5.64. The van der Waals surface area contributed by atoms with Gasteiger partial charge < -0.3 is 5.11 Å². The molecule has 0 unspecified atom stereocenters. The molecule has 1 aromatic heterocycles. The fourth-order valence-corrected chi connectivity index (χ4v) is 1.78. The van der Waals surface area contributed by atoms with Crippen molar-refractivity contribution in [2.24, 2.45) is 0 Å². The molecule has 2 rings (SSSR count). The topological polar surface area (TPSA) is 46.0 Å². The van der Waals surface area contributed by atoms with Crippen molar-refractivity contribution in [2.45, 2.75) is 19.7 Å². The number of aryl methyl sites for hydroxylation is 1. The first-order chi connectivity index (χ1) is 9.31. The van der Waals surface area contributed by atoms with Crippen LogP contribution in [0.4, 0.5) is 17.6 Å². The first-order valence-electron chi connectivity index (χ1n) is 5.64. The van der Waals surface area contributed by atoms with Gasteiger partial charge in [-0.1, -0.05) is 0 Å². The van der Waals surface area contributed by atoms with Crippen molar-refractivity contribution in [1.29, 1.82) is 0 Å². The molecule has 1 heterocycles. The van der Waals surface area contributed by atoms with Gasteiger partial charge in [0.1, 0.15) is 5.82 Å². The van der Waals surface area contributed by atoms with Gasteiger partial charge in [-0.05, 0) is 31.2 Å². The maximum Gasteiger partial charge on any atom is 0.417 e. The van der Waals surface area contributed by atoms with Gasteiger partial charge in [-0.3, -0.25) is 0 Å². The molecule has 0 atom stereocenters. The fourth-order valence-electron chi connectivity index (χ4n) is 1.78. The molecule has 0 saturated carbocycles. The van der Waals surface area contributed by atoms with Crippen LogP contribution in [0.15, 0.2) is 24.3 Å². The quantitative estimate of drug-likeness (QED) is 0.863. The van der Waals surface area contributed by atoms with Crippen LogP contribution in [0.3, 0.4) is 0 Å². The largest absolute Gasteiger partial charge is 0.417 e. The molecule has 0 saturated heterocycles. The lowest BCUT2D eigenvalue weighted by molar-refractivity contribution is -0.137. The number of aromatic nitrogens is 2. The van der Waals surface area contributed by atoms with Crippen molar-refractivity contribution in [3.63, 3.8) is 0 Å². The number of aliphatic hydroxyl groups excluding tert-OH is 1. The summed E-state index contributed by atoms with van der Waals surface area (Å²) in [7, 11) is 0. The van der Waals surface area contributed by atoms with E-state index < -0.39 is 29.7 Å². The number of benzene rings is 1. The van der Waals surface area contributed by atoms with Gasteiger partial charge >= 0.3 is 6.18 Å². The molecular weight excluding hydrogens is 276 g/mol. The number of hydrogen-bond acceptors (Lipinski definition) is 3. The Morgan fingerprint density at radius 3 is 2.45 bits per heavy atom. The number of aliphatic hydroxyl groups is 1. The van der Waals surface area contributed by atoms with Crippen molar-refractivity contribution >= 4 is 0 Å². The third-order valence-corrected chi connectivity index (χ3v) is 2.60. The molecular formula is C13H10F4N2O. The normalized spacial score (nSPS) is 11.7. The van der Waals surface area contributed by atoms with E-state index >= 15 is 0 Å². The fraction of sp³-hybridized carbons (Fsp3) is 0.231. The number of alkyl halides is 3. The summed E-state index contributed by atoms with van der Waals surface area (Å²) in [6.45, 7) is 1.12. The van der Waals surface area contributed by atoms with Crippen LogP contribution in [0.2, 0.25) is 0 Å². The highest BCUT2D eigenvalue weighted by atomic mass is 19.4. The van der Waals surface area contributed by atoms with Crippen molar-refractivity contribution in [3.8, 4) is 11.4 Å². The number of halogens is 4. The Labute approximate surface area is 111 Å². The van der Waals surface area contributed by atoms with E-state index in [0.717, 1.165) is 12.1 Å². The van der Waals surface area contributed by atoms with E-state index in [2.05, 4.69) is 9.97 Å². The zero-order valence-corrected chi connectivity index (χ0v) is 10.4. The van der Waals surface area contributed by atoms with E-state index in [1.165, 1.54) is 6.07 Å². The highest BCUT2D eigenvalue weighted by molar-refractivity contribution is 5.61. The predicted octanol–water partition coefficient (Wildman–Crippen LogP) is 3.10. The summed E-state index contributed by atoms with van der Waals surface area (Å²) in [6, 6.07) is 3.55. The molecule has 0 radical (unpaired) electrons. The average Bonchev–Trinajstić information content (AvgIpc) is 2.36. The molecule has 7 heteroatoms. The van der Waals surface area contributed by atoms with Crippen molar-refractivity contribution < 1.29 is 22.7 Å². The first kappa shape index (κ1) is 14.4. The van der Waals surface area contributed by atoms with E-state index in [1.54, 1.807) is 6.92 Å². The second kappa shape index (κ2) is 5.16. The molecule has 1 aromatic carbocycles. The number of nitrogens with zero attached hydrogens (tertiary/aromatic N) is 2. The van der Waals surface area contributed by atoms with Crippen LogP contribution in [0, 0.1) is 12.7 Å². The zero-order chi connectivity index (χ0) is 14.9. The van der Waals surface area contributed by atoms with Crippen LogP contribution in [0.25, 0.3) is 11.4 Å². The monoisotopic (exact) mass is 286 g/mol. The highest BCUT2D eigenvalue weighted by Crippen LogP contribution is 2.36. The average molecular weight is 286 g/mol. The van der Waals surface area contributed by atoms with E-state index in [1.807, 2.05) is 0 Å². The standard InChI is InChI=1S/C13H10F4N2O/c1-7-4-9(6-20)19-12(18-7)10-5-8(14)2-3-11(10)13(15,16)17/h2-5,20H,6H2,1H3. The minimum Gasteiger partial charge on any atom is -0.390 e. The lowest BCUT2D eigenvalue weighted by Gasteiger charge is -2.13. The minimum absolute atomic E-state index is 0.171. The van der Waals surface area contributed by atoms with E-state index in [9.17, 15) is 17.6 Å². The van der Waals surface area contributed by atoms with Gasteiger partial charge in [-0.2, -0.15) is 13.2 Å². The zero-order valence-electron chi connectivity index (χ0n) is 10.4. The minimum atomic E-state index is -4.64. The van der Waals surface area contributed by atoms with Crippen LogP contribution < -0.4 is 0 Å². The number of hydrogen-bond donors (Lipinski definition) is 1. The Balaban J connectivity index is 2.68. The van der Waals surface area contributed by atoms with Gasteiger partial charge in [-0.15, -0.1) is 0 Å². The molecule has 0 bridgehead atoms. The summed E-state index contributed by atoms with van der Waals surface area (Å²) in [5, 5.41) is 9.03. The summed E-state index contributed by atoms with van der Waals surface area (Å²) in [5.41, 5.74) is -0.911. The maximum atomic E-state index is 13.2. The smallest absolute Gasteiger partial charge is 0.390 e. The van der Waals surface area contributed by atoms with Gasteiger partial charge in [0.2, 0.25) is 0 Å². The molecule has 0 fully saturated rings. The van der Waals surface area contributed by atoms with E-state index in [-0.39, 0.29) is 11.5 Å². The van der Waals surface area contributed by atoms with Crippen LogP contribution in [0.5, 0.6) is 0 Å². The Morgan fingerprint density at radius 1 is 1.15 bits per heavy atom. The lowest BCUT2D eigenvalue weighted by Crippen LogP contribution is -2.09. The number of rotatable bonds is 2. The van der Waals surface area contributed by atoms with E-state index in [0.29, 0.717) is 11.8 Å². The lowest BCUT2D eigenvalue weighted by atomic mass is 10.1. The van der Waals surface area contributed by atoms with Crippen molar-refractivity contribution in [2.75, 3.05) is 0 Å². The second-order valence-corrected chi connectivity index (χ2v) is 4.17. The van der Waals surface area contributed by atoms with Crippen LogP contribution in [-0.4, -0.2) is 15.1 Å². The van der Waals surface area contributed by atoms with Crippen LogP contribution in [0.1, 0.15) is 17.0 Å². The summed E-state index contributed by atoms with van der Waals surface area (Å²) in [4.78, 5) is 7.69. The van der Waals surface area contributed by atoms with Gasteiger partial charge in [0.05, 0.1) is 17.9 Å². The van der Waals surface area contributed by atoms with E-state index in [4.69, 9.17) is 5.11 Å². The third-order valence-electron chi connectivity index (χ3n) is 2.60. The Hall–Kier alpha value is -2.02. The summed E-state index contributed by atoms with van der Waals surface area (Å²) in [6.07, 6.45) is -4.64. The van der Waals surface area contributed by atoms with Crippen LogP contribution >= 0.6 is 0 Å². The molecule has 0 aliphatic carbocycles. The molecule has 0 aliphatic rings. The Morgan fingerprint density at radius 2 is 1.85 bits per heavy atom. The van der Waals surface area contributed by atoms with Gasteiger partial charge in [0.15, 0.2) is 5.82 Å². The molecule has 106 valence electrons. The Bertz CT molecular complexity index is 641. The van der Waals surface area contributed by atoms with Gasteiger partial charge in [-0.25, -0.2) is 14.4 Å². The van der Waals surface area contributed by atoms with Crippen molar-refractivity contribution in [3.05, 3.63) is 47.0 Å². The van der Waals surface area contributed by atoms with Gasteiger partial charge in [0, 0.05) is 11.3 Å². The second-order valence-electron chi connectivity index (χ2n) is 4.17. The van der Waals surface area contributed by atoms with Crippen molar-refractivity contribution in [1.82, 2.24) is 9.97 Å². The molecule has 20 heavy (non-hydrogen) atoms. The molecule has 0 aliphatic heterocycles. The summed E-state index contributed by atoms with van der Waals surface area (Å²) < 4.78 is 52.0. The Kier molecular flexibility index (Phi) is 3.71. The molecule has 0 spiro atoms. The molecule has 3 nitrogen and oxygen atoms in total. The predicted molar refractivity (Wildman–Crippen MR) is 63.1 cm³/mol. The molecule has 1 N–H and O–H groups in total. The van der Waals surface area contributed by atoms with Crippen LogP contribution in [-0.2, 0) is 12.8 Å². The molecule has 2 aromatic rings. The SMILES string of the molecule is Cc1cc(CO)nc(-c2cc(F)ccc2C(F)(F)F)n1. The summed E-state index contributed by atoms with van der Waals surface area (Å²) >= 11 is 0. The highest BCUT2D eigenvalue weighted by Gasteiger charge is 2.34.